The van der Waals surface area contributed by atoms with Crippen molar-refractivity contribution in [3.05, 3.63) is 107 Å². The van der Waals surface area contributed by atoms with Crippen LogP contribution in [0.25, 0.3) is 11.0 Å². The summed E-state index contributed by atoms with van der Waals surface area (Å²) in [4.78, 5) is 33.4. The molecule has 3 aromatic carbocycles. The summed E-state index contributed by atoms with van der Waals surface area (Å²) in [6.07, 6.45) is 1.16. The Morgan fingerprint density at radius 1 is 0.946 bits per heavy atom. The average molecular weight is 499 g/mol. The summed E-state index contributed by atoms with van der Waals surface area (Å²) in [7, 11) is 0. The van der Waals surface area contributed by atoms with Gasteiger partial charge in [-0.25, -0.2) is 9.59 Å². The van der Waals surface area contributed by atoms with Gasteiger partial charge in [-0.1, -0.05) is 79.7 Å². The number of likely N-dealkylation sites (tertiary alicyclic amines) is 1. The number of aromatic nitrogens is 2. The number of nitrogens with one attached hydrogen (secondary N) is 1. The molecule has 1 aliphatic rings. The first-order valence-electron chi connectivity index (χ1n) is 13.1. The molecule has 1 amide bonds. The number of hydrogen-bond donors (Lipinski definition) is 1. The molecular weight excluding hydrogens is 464 g/mol. The van der Waals surface area contributed by atoms with Gasteiger partial charge in [0.1, 0.15) is 0 Å². The molecule has 0 aliphatic carbocycles. The second-order valence-corrected chi connectivity index (χ2v) is 9.68. The standard InChI is InChI=1S/C30H34N4O3/c1-2-19-37-30(36)32-18-17-27(34-26-16-10-9-15-25(26)31-29(34)35)28(22-32)33(20-23-11-5-3-6-12-23)21-24-13-7-4-8-14-24/h3-16,27-28H,2,17-22H2,1H3,(H,31,35). The summed E-state index contributed by atoms with van der Waals surface area (Å²) in [5.74, 6) is 0. The lowest BCUT2D eigenvalue weighted by atomic mass is 9.95. The minimum absolute atomic E-state index is 0.0970. The zero-order chi connectivity index (χ0) is 25.6. The van der Waals surface area contributed by atoms with Crippen LogP contribution in [0.1, 0.15) is 36.9 Å². The van der Waals surface area contributed by atoms with Crippen LogP contribution in [0.15, 0.2) is 89.7 Å². The number of aromatic amines is 1. The fraction of sp³-hybridized carbons (Fsp3) is 0.333. The van der Waals surface area contributed by atoms with Crippen LogP contribution < -0.4 is 5.69 Å². The van der Waals surface area contributed by atoms with Crippen molar-refractivity contribution in [1.29, 1.82) is 0 Å². The van der Waals surface area contributed by atoms with E-state index in [1.165, 1.54) is 11.1 Å². The van der Waals surface area contributed by atoms with E-state index in [0.29, 0.717) is 39.2 Å². The second kappa shape index (κ2) is 11.5. The maximum Gasteiger partial charge on any atom is 0.409 e. The van der Waals surface area contributed by atoms with E-state index in [9.17, 15) is 9.59 Å². The highest BCUT2D eigenvalue weighted by Gasteiger charge is 2.38. The average Bonchev–Trinajstić information content (AvgIpc) is 3.27. The molecule has 0 radical (unpaired) electrons. The van der Waals surface area contributed by atoms with E-state index in [1.54, 1.807) is 4.90 Å². The normalized spacial score (nSPS) is 17.8. The summed E-state index contributed by atoms with van der Waals surface area (Å²) < 4.78 is 7.41. The molecule has 7 heteroatoms. The molecule has 0 bridgehead atoms. The quantitative estimate of drug-likeness (QED) is 0.363. The van der Waals surface area contributed by atoms with E-state index in [-0.39, 0.29) is 23.9 Å². The maximum absolute atomic E-state index is 13.3. The van der Waals surface area contributed by atoms with E-state index in [4.69, 9.17) is 4.74 Å². The predicted octanol–water partition coefficient (Wildman–Crippen LogP) is 5.19. The Labute approximate surface area is 217 Å². The topological polar surface area (TPSA) is 70.6 Å². The van der Waals surface area contributed by atoms with Gasteiger partial charge in [-0.2, -0.15) is 0 Å². The zero-order valence-electron chi connectivity index (χ0n) is 21.3. The van der Waals surface area contributed by atoms with Gasteiger partial charge in [0.2, 0.25) is 0 Å². The molecule has 37 heavy (non-hydrogen) atoms. The number of ether oxygens (including phenoxy) is 1. The summed E-state index contributed by atoms with van der Waals surface area (Å²) in [6.45, 7) is 4.83. The van der Waals surface area contributed by atoms with Gasteiger partial charge in [-0.05, 0) is 36.1 Å². The number of hydrogen-bond acceptors (Lipinski definition) is 4. The minimum atomic E-state index is -0.282. The number of carbonyl (C=O) groups excluding carboxylic acids is 1. The third kappa shape index (κ3) is 5.62. The monoisotopic (exact) mass is 498 g/mol. The van der Waals surface area contributed by atoms with Gasteiger partial charge in [0, 0.05) is 32.2 Å². The van der Waals surface area contributed by atoms with Crippen LogP contribution in [0.3, 0.4) is 0 Å². The first-order chi connectivity index (χ1) is 18.1. The minimum Gasteiger partial charge on any atom is -0.449 e. The predicted molar refractivity (Wildman–Crippen MR) is 145 cm³/mol. The third-order valence-electron chi connectivity index (χ3n) is 7.12. The molecule has 1 fully saturated rings. The zero-order valence-corrected chi connectivity index (χ0v) is 21.3. The number of imidazole rings is 1. The molecule has 1 saturated heterocycles. The van der Waals surface area contributed by atoms with E-state index in [0.717, 1.165) is 17.5 Å². The first-order valence-corrected chi connectivity index (χ1v) is 13.1. The fourth-order valence-electron chi connectivity index (χ4n) is 5.36. The molecule has 0 saturated carbocycles. The van der Waals surface area contributed by atoms with Gasteiger partial charge < -0.3 is 14.6 Å². The smallest absolute Gasteiger partial charge is 0.409 e. The van der Waals surface area contributed by atoms with Crippen LogP contribution in [-0.4, -0.2) is 51.2 Å². The van der Waals surface area contributed by atoms with Gasteiger partial charge in [0.25, 0.3) is 0 Å². The Balaban J connectivity index is 1.55. The highest BCUT2D eigenvalue weighted by Crippen LogP contribution is 2.31. The third-order valence-corrected chi connectivity index (χ3v) is 7.12. The SMILES string of the molecule is CCCOC(=O)N1CCC(n2c(=O)[nH]c3ccccc32)C(N(Cc2ccccc2)Cc2ccccc2)C1. The lowest BCUT2D eigenvalue weighted by Gasteiger charge is -2.44. The van der Waals surface area contributed by atoms with Crippen LogP contribution >= 0.6 is 0 Å². The Kier molecular flexibility index (Phi) is 7.70. The van der Waals surface area contributed by atoms with Crippen molar-refractivity contribution in [3.8, 4) is 0 Å². The van der Waals surface area contributed by atoms with Crippen LogP contribution in [0.4, 0.5) is 4.79 Å². The molecule has 1 N–H and O–H groups in total. The molecule has 192 valence electrons. The van der Waals surface area contributed by atoms with Gasteiger partial charge in [0.15, 0.2) is 0 Å². The molecular formula is C30H34N4O3. The van der Waals surface area contributed by atoms with Crippen LogP contribution in [0.2, 0.25) is 0 Å². The largest absolute Gasteiger partial charge is 0.449 e. The number of rotatable bonds is 8. The number of carbonyl (C=O) groups is 1. The number of piperidine rings is 1. The number of amides is 1. The summed E-state index contributed by atoms with van der Waals surface area (Å²) in [5, 5.41) is 0. The molecule has 1 aromatic heterocycles. The van der Waals surface area contributed by atoms with Crippen molar-refractivity contribution in [3.63, 3.8) is 0 Å². The van der Waals surface area contributed by atoms with E-state index in [2.05, 4.69) is 34.1 Å². The highest BCUT2D eigenvalue weighted by atomic mass is 16.6. The molecule has 7 nitrogen and oxygen atoms in total. The second-order valence-electron chi connectivity index (χ2n) is 9.68. The number of benzene rings is 3. The summed E-state index contributed by atoms with van der Waals surface area (Å²) in [5.41, 5.74) is 3.98. The van der Waals surface area contributed by atoms with Crippen LogP contribution in [0.5, 0.6) is 0 Å². The van der Waals surface area contributed by atoms with Gasteiger partial charge >= 0.3 is 11.8 Å². The van der Waals surface area contributed by atoms with E-state index < -0.39 is 0 Å². The Morgan fingerprint density at radius 2 is 1.57 bits per heavy atom. The molecule has 0 spiro atoms. The fourth-order valence-corrected chi connectivity index (χ4v) is 5.36. The maximum atomic E-state index is 13.3. The van der Waals surface area contributed by atoms with Crippen LogP contribution in [0, 0.1) is 0 Å². The van der Waals surface area contributed by atoms with Crippen molar-refractivity contribution < 1.29 is 9.53 Å². The summed E-state index contributed by atoms with van der Waals surface area (Å²) >= 11 is 0. The Hall–Kier alpha value is -3.84. The Bertz CT molecular complexity index is 1320. The Morgan fingerprint density at radius 3 is 2.22 bits per heavy atom. The lowest BCUT2D eigenvalue weighted by molar-refractivity contribution is 0.0349. The molecule has 2 heterocycles. The number of H-pyrrole nitrogens is 1. The van der Waals surface area contributed by atoms with Gasteiger partial charge in [0.05, 0.1) is 23.7 Å². The van der Waals surface area contributed by atoms with Crippen molar-refractivity contribution in [2.75, 3.05) is 19.7 Å². The number of para-hydroxylation sites is 2. The molecule has 2 unspecified atom stereocenters. The first kappa shape index (κ1) is 24.8. The van der Waals surface area contributed by atoms with Gasteiger partial charge in [-0.3, -0.25) is 9.47 Å². The van der Waals surface area contributed by atoms with E-state index >= 15 is 0 Å². The van der Waals surface area contributed by atoms with Crippen LogP contribution in [-0.2, 0) is 17.8 Å². The van der Waals surface area contributed by atoms with Crippen molar-refractivity contribution >= 4 is 17.1 Å². The van der Waals surface area contributed by atoms with Gasteiger partial charge in [-0.15, -0.1) is 0 Å². The van der Waals surface area contributed by atoms with Crippen molar-refractivity contribution in [2.24, 2.45) is 0 Å². The van der Waals surface area contributed by atoms with Crippen molar-refractivity contribution in [2.45, 2.75) is 44.9 Å². The molecule has 5 rings (SSSR count). The number of fused-ring (bicyclic) bond motifs is 1. The molecule has 4 aromatic rings. The molecule has 1 aliphatic heterocycles. The molecule has 2 atom stereocenters. The highest BCUT2D eigenvalue weighted by molar-refractivity contribution is 5.75. The number of nitrogens with zero attached hydrogens (tertiary/aromatic N) is 3. The van der Waals surface area contributed by atoms with Crippen molar-refractivity contribution in [1.82, 2.24) is 19.4 Å². The lowest BCUT2D eigenvalue weighted by Crippen LogP contribution is -2.55. The summed E-state index contributed by atoms with van der Waals surface area (Å²) in [6, 6.07) is 28.4. The van der Waals surface area contributed by atoms with E-state index in [1.807, 2.05) is 72.2 Å².